The van der Waals surface area contributed by atoms with E-state index in [0.29, 0.717) is 13.2 Å². The van der Waals surface area contributed by atoms with Gasteiger partial charge in [-0.15, -0.1) is 0 Å². The van der Waals surface area contributed by atoms with Crippen LogP contribution in [0.25, 0.3) is 0 Å². The Morgan fingerprint density at radius 1 is 1.13 bits per heavy atom. The molecule has 0 aliphatic carbocycles. The minimum Gasteiger partial charge on any atom is -0.494 e. The maximum absolute atomic E-state index is 5.52. The highest BCUT2D eigenvalue weighted by molar-refractivity contribution is 5.79. The lowest BCUT2D eigenvalue weighted by Gasteiger charge is -2.33. The molecule has 1 aromatic heterocycles. The van der Waals surface area contributed by atoms with Crippen LogP contribution in [0.5, 0.6) is 5.75 Å². The summed E-state index contributed by atoms with van der Waals surface area (Å²) >= 11 is 0. The number of rotatable bonds is 7. The molecule has 1 N–H and O–H groups in total. The van der Waals surface area contributed by atoms with Crippen molar-refractivity contribution in [3.8, 4) is 5.75 Å². The number of likely N-dealkylation sites (N-methyl/N-ethyl adjacent to an activating group) is 1. The van der Waals surface area contributed by atoms with Crippen molar-refractivity contribution in [1.29, 1.82) is 0 Å². The zero-order chi connectivity index (χ0) is 21.3. The summed E-state index contributed by atoms with van der Waals surface area (Å²) in [7, 11) is 6.04. The van der Waals surface area contributed by atoms with E-state index >= 15 is 0 Å². The van der Waals surface area contributed by atoms with Crippen molar-refractivity contribution >= 4 is 11.8 Å². The largest absolute Gasteiger partial charge is 0.494 e. The molecule has 30 heavy (non-hydrogen) atoms. The first-order chi connectivity index (χ1) is 14.6. The Morgan fingerprint density at radius 2 is 1.87 bits per heavy atom. The number of piperazine rings is 1. The molecule has 2 heterocycles. The third kappa shape index (κ3) is 6.10. The summed E-state index contributed by atoms with van der Waals surface area (Å²) in [4.78, 5) is 15.9. The number of ether oxygens (including phenoxy) is 1. The molecule has 1 saturated heterocycles. The normalized spacial score (nSPS) is 15.2. The van der Waals surface area contributed by atoms with Crippen LogP contribution in [0.1, 0.15) is 18.1 Å². The Kier molecular flexibility index (Phi) is 7.90. The molecule has 1 aromatic carbocycles. The third-order valence-corrected chi connectivity index (χ3v) is 5.32. The summed E-state index contributed by atoms with van der Waals surface area (Å²) in [6.07, 6.45) is 1.90. The zero-order valence-electron chi connectivity index (χ0n) is 18.6. The van der Waals surface area contributed by atoms with Crippen molar-refractivity contribution in [2.24, 2.45) is 4.99 Å². The fourth-order valence-corrected chi connectivity index (χ4v) is 3.55. The van der Waals surface area contributed by atoms with Gasteiger partial charge in [-0.1, -0.05) is 12.1 Å². The van der Waals surface area contributed by atoms with E-state index in [4.69, 9.17) is 4.74 Å². The number of aliphatic imine (C=N–C) groups is 1. The van der Waals surface area contributed by atoms with Gasteiger partial charge in [-0.3, -0.25) is 4.99 Å². The maximum atomic E-state index is 5.52. The van der Waals surface area contributed by atoms with Crippen LogP contribution < -0.4 is 15.0 Å². The molecule has 0 radical (unpaired) electrons. The smallest absolute Gasteiger partial charge is 0.193 e. The van der Waals surface area contributed by atoms with E-state index in [1.54, 1.807) is 0 Å². The summed E-state index contributed by atoms with van der Waals surface area (Å²) < 4.78 is 5.52. The van der Waals surface area contributed by atoms with Gasteiger partial charge in [-0.05, 0) is 49.4 Å². The van der Waals surface area contributed by atoms with E-state index in [1.807, 2.05) is 39.3 Å². The second-order valence-corrected chi connectivity index (χ2v) is 7.65. The van der Waals surface area contributed by atoms with Crippen LogP contribution >= 0.6 is 0 Å². The number of nitrogens with zero attached hydrogens (tertiary/aromatic N) is 5. The lowest BCUT2D eigenvalue weighted by molar-refractivity contribution is 0.312. The summed E-state index contributed by atoms with van der Waals surface area (Å²) in [5.74, 6) is 2.82. The fraction of sp³-hybridized carbons (Fsp3) is 0.478. The first kappa shape index (κ1) is 21.9. The van der Waals surface area contributed by atoms with Gasteiger partial charge in [0.05, 0.1) is 6.61 Å². The number of aromatic nitrogens is 1. The van der Waals surface area contributed by atoms with E-state index in [1.165, 1.54) is 11.1 Å². The Labute approximate surface area is 180 Å². The van der Waals surface area contributed by atoms with Crippen LogP contribution in [0.3, 0.4) is 0 Å². The predicted octanol–water partition coefficient (Wildman–Crippen LogP) is 2.44. The van der Waals surface area contributed by atoms with Crippen LogP contribution in [0.15, 0.2) is 47.6 Å². The van der Waals surface area contributed by atoms with E-state index in [-0.39, 0.29) is 0 Å². The first-order valence-electron chi connectivity index (χ1n) is 10.6. The number of pyridine rings is 1. The third-order valence-electron chi connectivity index (χ3n) is 5.32. The summed E-state index contributed by atoms with van der Waals surface area (Å²) in [5.41, 5.74) is 2.42. The second kappa shape index (κ2) is 10.8. The molecule has 1 aliphatic heterocycles. The van der Waals surface area contributed by atoms with Gasteiger partial charge in [0, 0.05) is 59.6 Å². The van der Waals surface area contributed by atoms with Crippen molar-refractivity contribution in [1.82, 2.24) is 20.1 Å². The Hall–Kier alpha value is -2.80. The Balaban J connectivity index is 1.55. The van der Waals surface area contributed by atoms with Gasteiger partial charge in [-0.25, -0.2) is 4.98 Å². The molecule has 3 rings (SSSR count). The zero-order valence-corrected chi connectivity index (χ0v) is 18.6. The van der Waals surface area contributed by atoms with Crippen LogP contribution in [0.4, 0.5) is 5.82 Å². The topological polar surface area (TPSA) is 56.2 Å². The SMILES string of the molecule is CCOc1ccc(CN(C)C(=NC)NCc2ccnc(N3CCN(C)CC3)c2)cc1. The van der Waals surface area contributed by atoms with Gasteiger partial charge in [0.1, 0.15) is 11.6 Å². The summed E-state index contributed by atoms with van der Waals surface area (Å²) in [5, 5.41) is 3.47. The van der Waals surface area contributed by atoms with Crippen molar-refractivity contribution in [2.75, 3.05) is 58.8 Å². The van der Waals surface area contributed by atoms with Gasteiger partial charge < -0.3 is 24.8 Å². The van der Waals surface area contributed by atoms with E-state index in [9.17, 15) is 0 Å². The Bertz CT molecular complexity index is 815. The number of benzene rings is 1. The molecule has 1 aliphatic rings. The van der Waals surface area contributed by atoms with Crippen molar-refractivity contribution in [2.45, 2.75) is 20.0 Å². The second-order valence-electron chi connectivity index (χ2n) is 7.65. The standard InChI is InChI=1S/C23H34N6O/c1-5-30-21-8-6-19(7-9-21)18-28(4)23(24-2)26-17-20-10-11-25-22(16-20)29-14-12-27(3)13-15-29/h6-11,16H,5,12-15,17-18H2,1-4H3,(H,24,26). The molecule has 162 valence electrons. The molecule has 1 fully saturated rings. The van der Waals surface area contributed by atoms with Gasteiger partial charge >= 0.3 is 0 Å². The molecule has 0 unspecified atom stereocenters. The molecule has 7 heteroatoms. The minimum atomic E-state index is 0.682. The minimum absolute atomic E-state index is 0.682. The van der Waals surface area contributed by atoms with Crippen molar-refractivity contribution < 1.29 is 4.74 Å². The molecule has 0 saturated carbocycles. The quantitative estimate of drug-likeness (QED) is 0.559. The lowest BCUT2D eigenvalue weighted by Crippen LogP contribution is -2.44. The average molecular weight is 411 g/mol. The summed E-state index contributed by atoms with van der Waals surface area (Å²) in [6.45, 7) is 8.36. The number of nitrogens with one attached hydrogen (secondary N) is 1. The predicted molar refractivity (Wildman–Crippen MR) is 123 cm³/mol. The maximum Gasteiger partial charge on any atom is 0.193 e. The van der Waals surface area contributed by atoms with Gasteiger partial charge in [0.15, 0.2) is 5.96 Å². The molecule has 7 nitrogen and oxygen atoms in total. The lowest BCUT2D eigenvalue weighted by atomic mass is 10.2. The number of anilines is 1. The van der Waals surface area contributed by atoms with E-state index in [2.05, 4.69) is 61.3 Å². The van der Waals surface area contributed by atoms with E-state index < -0.39 is 0 Å². The Morgan fingerprint density at radius 3 is 2.53 bits per heavy atom. The van der Waals surface area contributed by atoms with Crippen LogP contribution in [-0.2, 0) is 13.1 Å². The highest BCUT2D eigenvalue weighted by Gasteiger charge is 2.15. The highest BCUT2D eigenvalue weighted by Crippen LogP contribution is 2.15. The molecule has 0 amide bonds. The van der Waals surface area contributed by atoms with Gasteiger partial charge in [-0.2, -0.15) is 0 Å². The van der Waals surface area contributed by atoms with Crippen LogP contribution in [-0.4, -0.2) is 74.7 Å². The van der Waals surface area contributed by atoms with Crippen molar-refractivity contribution in [3.63, 3.8) is 0 Å². The highest BCUT2D eigenvalue weighted by atomic mass is 16.5. The molecule has 0 atom stereocenters. The van der Waals surface area contributed by atoms with E-state index in [0.717, 1.165) is 50.3 Å². The molecular formula is C23H34N6O. The average Bonchev–Trinajstić information content (AvgIpc) is 2.76. The monoisotopic (exact) mass is 410 g/mol. The molecular weight excluding hydrogens is 376 g/mol. The number of guanidine groups is 1. The molecule has 0 spiro atoms. The van der Waals surface area contributed by atoms with Gasteiger partial charge in [0.25, 0.3) is 0 Å². The van der Waals surface area contributed by atoms with Crippen LogP contribution in [0, 0.1) is 0 Å². The number of hydrogen-bond donors (Lipinski definition) is 1. The molecule has 2 aromatic rings. The van der Waals surface area contributed by atoms with Gasteiger partial charge in [0.2, 0.25) is 0 Å². The first-order valence-corrected chi connectivity index (χ1v) is 10.6. The number of hydrogen-bond acceptors (Lipinski definition) is 5. The van der Waals surface area contributed by atoms with Crippen molar-refractivity contribution in [3.05, 3.63) is 53.7 Å². The molecule has 0 bridgehead atoms. The fourth-order valence-electron chi connectivity index (χ4n) is 3.55. The van der Waals surface area contributed by atoms with Crippen LogP contribution in [0.2, 0.25) is 0 Å². The summed E-state index contributed by atoms with van der Waals surface area (Å²) in [6, 6.07) is 12.5.